The van der Waals surface area contributed by atoms with E-state index in [1.165, 1.54) is 43.2 Å². The van der Waals surface area contributed by atoms with Crippen LogP contribution in [0.5, 0.6) is 0 Å². The van der Waals surface area contributed by atoms with Crippen molar-refractivity contribution in [1.82, 2.24) is 15.5 Å². The molecule has 33 heavy (non-hydrogen) atoms. The first-order valence-corrected chi connectivity index (χ1v) is 13.3. The van der Waals surface area contributed by atoms with E-state index in [0.29, 0.717) is 19.5 Å². The molecular formula is C28H41N3O2. The Bertz CT molecular complexity index is 823. The van der Waals surface area contributed by atoms with Crippen LogP contribution >= 0.6 is 0 Å². The number of nitrogens with zero attached hydrogens (tertiary/aromatic N) is 1. The van der Waals surface area contributed by atoms with Crippen LogP contribution in [0.15, 0.2) is 24.3 Å². The maximum Gasteiger partial charge on any atom is 0.226 e. The third-order valence-corrected chi connectivity index (χ3v) is 9.02. The minimum Gasteiger partial charge on any atom is -0.355 e. The maximum atomic E-state index is 13.1. The highest BCUT2D eigenvalue weighted by atomic mass is 16.2. The molecule has 1 heterocycles. The molecule has 5 nitrogen and oxygen atoms in total. The van der Waals surface area contributed by atoms with Crippen LogP contribution in [-0.2, 0) is 22.7 Å². The molecule has 2 amide bonds. The van der Waals surface area contributed by atoms with E-state index in [1.807, 2.05) is 0 Å². The summed E-state index contributed by atoms with van der Waals surface area (Å²) < 4.78 is 0. The normalized spacial score (nSPS) is 31.5. The number of benzene rings is 1. The molecular weight excluding hydrogens is 410 g/mol. The fraction of sp³-hybridized carbons (Fsp3) is 0.714. The van der Waals surface area contributed by atoms with Crippen molar-refractivity contribution in [2.75, 3.05) is 19.6 Å². The molecule has 4 saturated carbocycles. The Hall–Kier alpha value is -1.88. The van der Waals surface area contributed by atoms with Gasteiger partial charge in [0, 0.05) is 31.5 Å². The van der Waals surface area contributed by atoms with E-state index in [1.54, 1.807) is 0 Å². The SMILES string of the molecule is CC1CCN(Cc2ccccc2CNC(=O)CCNC(=O)C23CC4CC(CC(C4)C2)C3)CC1. The smallest absolute Gasteiger partial charge is 0.226 e. The van der Waals surface area contributed by atoms with Crippen LogP contribution in [0.2, 0.25) is 0 Å². The Labute approximate surface area is 199 Å². The molecule has 0 spiro atoms. The molecule has 180 valence electrons. The van der Waals surface area contributed by atoms with Gasteiger partial charge in [-0.1, -0.05) is 31.2 Å². The van der Waals surface area contributed by atoms with E-state index in [-0.39, 0.29) is 17.2 Å². The van der Waals surface area contributed by atoms with Gasteiger partial charge in [-0.15, -0.1) is 0 Å². The van der Waals surface area contributed by atoms with E-state index in [0.717, 1.165) is 62.6 Å². The summed E-state index contributed by atoms with van der Waals surface area (Å²) in [5.74, 6) is 3.35. The fourth-order valence-corrected chi connectivity index (χ4v) is 7.49. The van der Waals surface area contributed by atoms with Crippen LogP contribution in [-0.4, -0.2) is 36.3 Å². The second-order valence-electron chi connectivity index (χ2n) is 11.7. The summed E-state index contributed by atoms with van der Waals surface area (Å²) in [5.41, 5.74) is 2.38. The number of piperidine rings is 1. The van der Waals surface area contributed by atoms with Crippen molar-refractivity contribution in [2.24, 2.45) is 29.1 Å². The average molecular weight is 452 g/mol. The van der Waals surface area contributed by atoms with Crippen molar-refractivity contribution in [3.05, 3.63) is 35.4 Å². The van der Waals surface area contributed by atoms with E-state index >= 15 is 0 Å². The van der Waals surface area contributed by atoms with Crippen LogP contribution < -0.4 is 10.6 Å². The van der Waals surface area contributed by atoms with Crippen molar-refractivity contribution in [1.29, 1.82) is 0 Å². The van der Waals surface area contributed by atoms with Crippen molar-refractivity contribution < 1.29 is 9.59 Å². The summed E-state index contributed by atoms with van der Waals surface area (Å²) in [7, 11) is 0. The summed E-state index contributed by atoms with van der Waals surface area (Å²) in [6.07, 6.45) is 10.1. The quantitative estimate of drug-likeness (QED) is 0.621. The number of hydrogen-bond acceptors (Lipinski definition) is 3. The van der Waals surface area contributed by atoms with Crippen molar-refractivity contribution in [3.8, 4) is 0 Å². The Morgan fingerprint density at radius 1 is 0.939 bits per heavy atom. The molecule has 1 aromatic rings. The van der Waals surface area contributed by atoms with Crippen molar-refractivity contribution in [3.63, 3.8) is 0 Å². The Morgan fingerprint density at radius 2 is 1.55 bits per heavy atom. The van der Waals surface area contributed by atoms with Crippen LogP contribution in [0.25, 0.3) is 0 Å². The van der Waals surface area contributed by atoms with Gasteiger partial charge in [0.05, 0.1) is 0 Å². The van der Waals surface area contributed by atoms with E-state index in [9.17, 15) is 9.59 Å². The van der Waals surface area contributed by atoms with E-state index in [2.05, 4.69) is 46.7 Å². The van der Waals surface area contributed by atoms with Gasteiger partial charge >= 0.3 is 0 Å². The van der Waals surface area contributed by atoms with Gasteiger partial charge in [-0.25, -0.2) is 0 Å². The molecule has 5 heteroatoms. The summed E-state index contributed by atoms with van der Waals surface area (Å²) in [5, 5.41) is 6.22. The molecule has 1 aliphatic heterocycles. The molecule has 2 N–H and O–H groups in total. The second-order valence-corrected chi connectivity index (χ2v) is 11.7. The number of hydrogen-bond donors (Lipinski definition) is 2. The number of nitrogens with one attached hydrogen (secondary N) is 2. The van der Waals surface area contributed by atoms with Gasteiger partial charge in [0.15, 0.2) is 0 Å². The molecule has 1 aromatic carbocycles. The minimum absolute atomic E-state index is 0.0161. The molecule has 1 saturated heterocycles. The zero-order chi connectivity index (χ0) is 22.8. The Morgan fingerprint density at radius 3 is 2.18 bits per heavy atom. The topological polar surface area (TPSA) is 61.4 Å². The van der Waals surface area contributed by atoms with Crippen molar-refractivity contribution >= 4 is 11.8 Å². The molecule has 0 atom stereocenters. The summed E-state index contributed by atoms with van der Waals surface area (Å²) in [6, 6.07) is 8.45. The lowest BCUT2D eigenvalue weighted by molar-refractivity contribution is -0.146. The Kier molecular flexibility index (Phi) is 6.78. The zero-order valence-electron chi connectivity index (χ0n) is 20.3. The zero-order valence-corrected chi connectivity index (χ0v) is 20.3. The molecule has 0 radical (unpaired) electrons. The second kappa shape index (κ2) is 9.77. The number of carbonyl (C=O) groups is 2. The first kappa shape index (κ1) is 22.9. The lowest BCUT2D eigenvalue weighted by Crippen LogP contribution is -2.53. The molecule has 5 aliphatic rings. The van der Waals surface area contributed by atoms with Crippen molar-refractivity contribution in [2.45, 2.75) is 77.8 Å². The molecule has 0 aromatic heterocycles. The fourth-order valence-electron chi connectivity index (χ4n) is 7.49. The highest BCUT2D eigenvalue weighted by molar-refractivity contribution is 5.84. The van der Waals surface area contributed by atoms with Crippen LogP contribution in [0, 0.1) is 29.1 Å². The predicted octanol–water partition coefficient (Wildman–Crippen LogP) is 4.26. The van der Waals surface area contributed by atoms with Crippen LogP contribution in [0.1, 0.15) is 75.8 Å². The molecule has 5 fully saturated rings. The highest BCUT2D eigenvalue weighted by Gasteiger charge is 2.54. The molecule has 0 unspecified atom stereocenters. The molecule has 4 aliphatic carbocycles. The maximum absolute atomic E-state index is 13.1. The van der Waals surface area contributed by atoms with Gasteiger partial charge in [-0.2, -0.15) is 0 Å². The largest absolute Gasteiger partial charge is 0.355 e. The first-order valence-electron chi connectivity index (χ1n) is 13.3. The minimum atomic E-state index is -0.129. The lowest BCUT2D eigenvalue weighted by atomic mass is 9.49. The van der Waals surface area contributed by atoms with Crippen LogP contribution in [0.4, 0.5) is 0 Å². The van der Waals surface area contributed by atoms with Gasteiger partial charge < -0.3 is 10.6 Å². The third kappa shape index (κ3) is 5.29. The standard InChI is InChI=1S/C28H41N3O2/c1-20-7-10-31(11-8-20)19-25-5-3-2-4-24(25)18-30-26(32)6-9-29-27(33)28-15-21-12-22(16-28)14-23(13-21)17-28/h2-5,20-23H,6-19H2,1H3,(H,29,33)(H,30,32). The average Bonchev–Trinajstić information content (AvgIpc) is 2.79. The summed E-state index contributed by atoms with van der Waals surface area (Å²) >= 11 is 0. The number of carbonyl (C=O) groups excluding carboxylic acids is 2. The van der Waals surface area contributed by atoms with Crippen LogP contribution in [0.3, 0.4) is 0 Å². The monoisotopic (exact) mass is 451 g/mol. The number of amides is 2. The highest BCUT2D eigenvalue weighted by Crippen LogP contribution is 2.60. The van der Waals surface area contributed by atoms with Gasteiger partial charge in [-0.05, 0) is 99.3 Å². The Balaban J connectivity index is 1.06. The number of likely N-dealkylation sites (tertiary alicyclic amines) is 1. The van der Waals surface area contributed by atoms with Gasteiger partial charge in [0.25, 0.3) is 0 Å². The van der Waals surface area contributed by atoms with E-state index < -0.39 is 0 Å². The summed E-state index contributed by atoms with van der Waals surface area (Å²) in [6.45, 7) is 6.62. The van der Waals surface area contributed by atoms with Gasteiger partial charge in [-0.3, -0.25) is 14.5 Å². The van der Waals surface area contributed by atoms with Gasteiger partial charge in [0.1, 0.15) is 0 Å². The first-order chi connectivity index (χ1) is 16.0. The van der Waals surface area contributed by atoms with Gasteiger partial charge in [0.2, 0.25) is 11.8 Å². The molecule has 6 rings (SSSR count). The summed E-state index contributed by atoms with van der Waals surface area (Å²) in [4.78, 5) is 28.1. The molecule has 4 bridgehead atoms. The van der Waals surface area contributed by atoms with E-state index in [4.69, 9.17) is 0 Å². The lowest BCUT2D eigenvalue weighted by Gasteiger charge is -2.55. The third-order valence-electron chi connectivity index (χ3n) is 9.02. The predicted molar refractivity (Wildman–Crippen MR) is 130 cm³/mol. The number of rotatable bonds is 8.